The molecule has 0 spiro atoms. The SMILES string of the molecule is O=C(O)CC(O)(CC(=O)OCCN1CCOCC1)C(=O)O. The van der Waals surface area contributed by atoms with Crippen LogP contribution in [0.5, 0.6) is 0 Å². The fourth-order valence-corrected chi connectivity index (χ4v) is 1.87. The van der Waals surface area contributed by atoms with Crippen molar-refractivity contribution in [3.05, 3.63) is 0 Å². The average molecular weight is 305 g/mol. The predicted molar refractivity (Wildman–Crippen MR) is 67.7 cm³/mol. The van der Waals surface area contributed by atoms with E-state index in [2.05, 4.69) is 0 Å². The van der Waals surface area contributed by atoms with Crippen molar-refractivity contribution >= 4 is 17.9 Å². The van der Waals surface area contributed by atoms with Crippen LogP contribution in [0.4, 0.5) is 0 Å². The number of carboxylic acids is 2. The summed E-state index contributed by atoms with van der Waals surface area (Å²) in [4.78, 5) is 34.9. The van der Waals surface area contributed by atoms with Crippen molar-refractivity contribution in [3.63, 3.8) is 0 Å². The first-order chi connectivity index (χ1) is 9.83. The molecule has 1 atom stereocenters. The second-order valence-corrected chi connectivity index (χ2v) is 4.76. The lowest BCUT2D eigenvalue weighted by Crippen LogP contribution is -2.43. The number of ether oxygens (including phenoxy) is 2. The Morgan fingerprint density at radius 3 is 2.29 bits per heavy atom. The van der Waals surface area contributed by atoms with E-state index in [0.717, 1.165) is 13.1 Å². The van der Waals surface area contributed by atoms with Crippen LogP contribution in [0, 0.1) is 0 Å². The first-order valence-electron chi connectivity index (χ1n) is 6.47. The summed E-state index contributed by atoms with van der Waals surface area (Å²) in [7, 11) is 0. The largest absolute Gasteiger partial charge is 0.481 e. The normalized spacial score (nSPS) is 18.7. The number of esters is 1. The molecule has 1 saturated heterocycles. The van der Waals surface area contributed by atoms with Crippen LogP contribution < -0.4 is 0 Å². The van der Waals surface area contributed by atoms with Gasteiger partial charge in [-0.05, 0) is 0 Å². The zero-order valence-corrected chi connectivity index (χ0v) is 11.5. The minimum absolute atomic E-state index is 0.0433. The van der Waals surface area contributed by atoms with Gasteiger partial charge in [-0.25, -0.2) is 4.79 Å². The second-order valence-electron chi connectivity index (χ2n) is 4.76. The minimum Gasteiger partial charge on any atom is -0.481 e. The third kappa shape index (κ3) is 6.06. The fourth-order valence-electron chi connectivity index (χ4n) is 1.87. The van der Waals surface area contributed by atoms with Gasteiger partial charge in [-0.1, -0.05) is 0 Å². The highest BCUT2D eigenvalue weighted by molar-refractivity contribution is 5.88. The summed E-state index contributed by atoms with van der Waals surface area (Å²) >= 11 is 0. The Kier molecular flexibility index (Phi) is 6.53. The lowest BCUT2D eigenvalue weighted by Gasteiger charge is -2.26. The van der Waals surface area contributed by atoms with Crippen LogP contribution in [0.1, 0.15) is 12.8 Å². The van der Waals surface area contributed by atoms with E-state index in [1.54, 1.807) is 0 Å². The molecule has 0 aromatic carbocycles. The Morgan fingerprint density at radius 2 is 1.76 bits per heavy atom. The zero-order valence-electron chi connectivity index (χ0n) is 11.5. The number of hydrogen-bond acceptors (Lipinski definition) is 7. The maximum atomic E-state index is 11.5. The predicted octanol–water partition coefficient (Wildman–Crippen LogP) is -1.46. The van der Waals surface area contributed by atoms with Crippen LogP contribution in [0.25, 0.3) is 0 Å². The Hall–Kier alpha value is -1.71. The summed E-state index contributed by atoms with van der Waals surface area (Å²) < 4.78 is 9.99. The molecular formula is C12H19NO8. The number of carbonyl (C=O) groups is 3. The number of carbonyl (C=O) groups excluding carboxylic acids is 1. The van der Waals surface area contributed by atoms with Gasteiger partial charge in [0.1, 0.15) is 6.61 Å². The Morgan fingerprint density at radius 1 is 1.14 bits per heavy atom. The molecular weight excluding hydrogens is 286 g/mol. The van der Waals surface area contributed by atoms with E-state index in [9.17, 15) is 19.5 Å². The summed E-state index contributed by atoms with van der Waals surface area (Å²) in [5.74, 6) is -4.23. The molecule has 0 amide bonds. The highest BCUT2D eigenvalue weighted by Crippen LogP contribution is 2.17. The third-order valence-electron chi connectivity index (χ3n) is 3.05. The van der Waals surface area contributed by atoms with Gasteiger partial charge in [-0.2, -0.15) is 0 Å². The van der Waals surface area contributed by atoms with Crippen molar-refractivity contribution in [3.8, 4) is 0 Å². The van der Waals surface area contributed by atoms with Crippen molar-refractivity contribution in [2.45, 2.75) is 18.4 Å². The first-order valence-corrected chi connectivity index (χ1v) is 6.47. The zero-order chi connectivity index (χ0) is 15.9. The Balaban J connectivity index is 2.36. The fraction of sp³-hybridized carbons (Fsp3) is 0.750. The molecule has 0 aliphatic carbocycles. The molecule has 0 aromatic heterocycles. The molecule has 3 N–H and O–H groups in total. The van der Waals surface area contributed by atoms with Gasteiger partial charge in [0.25, 0.3) is 0 Å². The van der Waals surface area contributed by atoms with Gasteiger partial charge >= 0.3 is 17.9 Å². The topological polar surface area (TPSA) is 134 Å². The van der Waals surface area contributed by atoms with Gasteiger partial charge in [-0.15, -0.1) is 0 Å². The molecule has 120 valence electrons. The van der Waals surface area contributed by atoms with Gasteiger partial charge in [0.2, 0.25) is 0 Å². The van der Waals surface area contributed by atoms with Crippen LogP contribution in [0.15, 0.2) is 0 Å². The van der Waals surface area contributed by atoms with E-state index in [1.165, 1.54) is 0 Å². The van der Waals surface area contributed by atoms with Crippen LogP contribution >= 0.6 is 0 Å². The van der Waals surface area contributed by atoms with Crippen LogP contribution in [-0.2, 0) is 23.9 Å². The van der Waals surface area contributed by atoms with Crippen molar-refractivity contribution in [2.24, 2.45) is 0 Å². The van der Waals surface area contributed by atoms with Gasteiger partial charge in [0.05, 0.1) is 26.1 Å². The monoisotopic (exact) mass is 305 g/mol. The van der Waals surface area contributed by atoms with E-state index in [1.807, 2.05) is 4.90 Å². The standard InChI is InChI=1S/C12H19NO8/c14-9(15)7-12(19,11(17)18)8-10(16)21-6-3-13-1-4-20-5-2-13/h19H,1-8H2,(H,14,15)(H,17,18). The molecule has 0 aromatic rings. The quantitative estimate of drug-likeness (QED) is 0.460. The molecule has 1 heterocycles. The molecule has 21 heavy (non-hydrogen) atoms. The molecule has 1 aliphatic heterocycles. The molecule has 9 heteroatoms. The maximum Gasteiger partial charge on any atom is 0.336 e. The number of morpholine rings is 1. The summed E-state index contributed by atoms with van der Waals surface area (Å²) in [6.45, 7) is 3.16. The van der Waals surface area contributed by atoms with Crippen molar-refractivity contribution < 1.29 is 39.2 Å². The molecule has 0 saturated carbocycles. The number of aliphatic hydroxyl groups is 1. The Bertz CT molecular complexity index is 393. The number of carboxylic acid groups (broad SMARTS) is 2. The van der Waals surface area contributed by atoms with E-state index in [-0.39, 0.29) is 6.61 Å². The van der Waals surface area contributed by atoms with Crippen molar-refractivity contribution in [1.82, 2.24) is 4.90 Å². The van der Waals surface area contributed by atoms with E-state index in [4.69, 9.17) is 19.7 Å². The summed E-state index contributed by atoms with van der Waals surface area (Å²) in [5, 5.41) is 27.0. The summed E-state index contributed by atoms with van der Waals surface area (Å²) in [6, 6.07) is 0. The third-order valence-corrected chi connectivity index (χ3v) is 3.05. The van der Waals surface area contributed by atoms with Gasteiger partial charge < -0.3 is 24.8 Å². The highest BCUT2D eigenvalue weighted by atomic mass is 16.5. The van der Waals surface area contributed by atoms with E-state index in [0.29, 0.717) is 19.8 Å². The lowest BCUT2D eigenvalue weighted by molar-refractivity contribution is -0.172. The first kappa shape index (κ1) is 17.3. The number of rotatable bonds is 8. The van der Waals surface area contributed by atoms with Crippen molar-refractivity contribution in [1.29, 1.82) is 0 Å². The summed E-state index contributed by atoms with van der Waals surface area (Å²) in [6.07, 6.45) is -1.97. The molecule has 9 nitrogen and oxygen atoms in total. The van der Waals surface area contributed by atoms with Crippen LogP contribution in [0.2, 0.25) is 0 Å². The molecule has 0 radical (unpaired) electrons. The molecule has 1 unspecified atom stereocenters. The summed E-state index contributed by atoms with van der Waals surface area (Å²) in [5.41, 5.74) is -2.65. The van der Waals surface area contributed by atoms with Gasteiger partial charge in [-0.3, -0.25) is 14.5 Å². The number of nitrogens with zero attached hydrogens (tertiary/aromatic N) is 1. The number of hydrogen-bond donors (Lipinski definition) is 3. The van der Waals surface area contributed by atoms with E-state index >= 15 is 0 Å². The number of aliphatic carboxylic acids is 2. The lowest BCUT2D eigenvalue weighted by atomic mass is 9.96. The van der Waals surface area contributed by atoms with Gasteiger partial charge in [0, 0.05) is 19.6 Å². The van der Waals surface area contributed by atoms with E-state index < -0.39 is 36.4 Å². The van der Waals surface area contributed by atoms with Gasteiger partial charge in [0.15, 0.2) is 5.60 Å². The maximum absolute atomic E-state index is 11.5. The smallest absolute Gasteiger partial charge is 0.336 e. The second kappa shape index (κ2) is 7.91. The molecule has 1 rings (SSSR count). The average Bonchev–Trinajstić information content (AvgIpc) is 2.38. The van der Waals surface area contributed by atoms with Crippen molar-refractivity contribution in [2.75, 3.05) is 39.5 Å². The van der Waals surface area contributed by atoms with Crippen LogP contribution in [0.3, 0.4) is 0 Å². The highest BCUT2D eigenvalue weighted by Gasteiger charge is 2.41. The molecule has 1 fully saturated rings. The molecule has 1 aliphatic rings. The molecule has 0 bridgehead atoms. The Labute approximate surface area is 121 Å². The minimum atomic E-state index is -2.65. The van der Waals surface area contributed by atoms with Crippen LogP contribution in [-0.4, -0.2) is 83.2 Å².